The Bertz CT molecular complexity index is 2470. The number of carboxylic acid groups (broad SMARTS) is 1. The molecular formula is C46H55FN8O10S. The molecule has 1 aliphatic carbocycles. The Balaban J connectivity index is 1.01. The summed E-state index contributed by atoms with van der Waals surface area (Å²) in [5, 5.41) is 25.0. The first-order valence-corrected chi connectivity index (χ1v) is 22.7. The summed E-state index contributed by atoms with van der Waals surface area (Å²) < 4.78 is 27.7. The Labute approximate surface area is 384 Å². The van der Waals surface area contributed by atoms with Crippen LogP contribution in [0.5, 0.6) is 0 Å². The number of benzene rings is 2. The van der Waals surface area contributed by atoms with Gasteiger partial charge >= 0.3 is 24.1 Å². The van der Waals surface area contributed by atoms with E-state index >= 15 is 4.39 Å². The summed E-state index contributed by atoms with van der Waals surface area (Å²) in [5.74, 6) is -3.46. The Morgan fingerprint density at radius 2 is 1.74 bits per heavy atom. The summed E-state index contributed by atoms with van der Waals surface area (Å²) in [6, 6.07) is 9.81. The summed E-state index contributed by atoms with van der Waals surface area (Å²) in [4.78, 5) is 92.4. The average Bonchev–Trinajstić information content (AvgIpc) is 3.83. The lowest BCUT2D eigenvalue weighted by Gasteiger charge is -2.40. The summed E-state index contributed by atoms with van der Waals surface area (Å²) in [6.07, 6.45) is 4.35. The number of nitrogens with one attached hydrogen (secondary N) is 4. The Kier molecular flexibility index (Phi) is 16.4. The van der Waals surface area contributed by atoms with E-state index in [2.05, 4.69) is 27.8 Å². The van der Waals surface area contributed by atoms with Crippen LogP contribution in [0.3, 0.4) is 0 Å². The van der Waals surface area contributed by atoms with E-state index in [-0.39, 0.29) is 56.9 Å². The Morgan fingerprint density at radius 1 is 1.02 bits per heavy atom. The van der Waals surface area contributed by atoms with Gasteiger partial charge in [-0.1, -0.05) is 31.2 Å². The number of ether oxygens (including phenoxy) is 2. The molecule has 352 valence electrons. The minimum Gasteiger partial charge on any atom is -0.477 e. The number of primary amides is 1. The number of aromatic nitrogens is 1. The van der Waals surface area contributed by atoms with Crippen LogP contribution >= 0.6 is 11.3 Å². The fourth-order valence-electron chi connectivity index (χ4n) is 7.98. The zero-order valence-electron chi connectivity index (χ0n) is 36.6. The number of hydrogen-bond donors (Lipinski definition) is 6. The van der Waals surface area contributed by atoms with Crippen LogP contribution in [0.2, 0.25) is 0 Å². The topological polar surface area (TPSA) is 244 Å². The number of aryl methyl sites for hydroxylation is 1. The van der Waals surface area contributed by atoms with Crippen molar-refractivity contribution in [2.45, 2.75) is 70.7 Å². The number of nitrogens with two attached hydrogens (primary N) is 1. The largest absolute Gasteiger partial charge is 0.477 e. The van der Waals surface area contributed by atoms with Gasteiger partial charge in [0.25, 0.3) is 0 Å². The molecule has 6 rings (SSSR count). The highest BCUT2D eigenvalue weighted by molar-refractivity contribution is 7.08. The first-order valence-electron chi connectivity index (χ1n) is 21.8. The number of carbonyl (C=O) groups excluding carboxylic acids is 5. The first kappa shape index (κ1) is 48.5. The number of carboxylic acids is 1. The molecule has 1 saturated carbocycles. The molecule has 2 atom stereocenters. The first-order chi connectivity index (χ1) is 31.7. The van der Waals surface area contributed by atoms with Crippen LogP contribution in [0.25, 0.3) is 10.9 Å². The van der Waals surface area contributed by atoms with Crippen molar-refractivity contribution in [3.63, 3.8) is 0 Å². The van der Waals surface area contributed by atoms with E-state index in [4.69, 9.17) is 15.2 Å². The second kappa shape index (κ2) is 22.3. The molecule has 2 aliphatic rings. The van der Waals surface area contributed by atoms with Crippen molar-refractivity contribution in [1.29, 1.82) is 0 Å². The van der Waals surface area contributed by atoms with Crippen LogP contribution in [0.1, 0.15) is 73.0 Å². The van der Waals surface area contributed by atoms with E-state index in [1.807, 2.05) is 16.8 Å². The van der Waals surface area contributed by atoms with Gasteiger partial charge in [0.2, 0.25) is 17.2 Å². The second-order valence-electron chi connectivity index (χ2n) is 16.2. The van der Waals surface area contributed by atoms with Gasteiger partial charge in [-0.3, -0.25) is 19.2 Å². The van der Waals surface area contributed by atoms with Gasteiger partial charge in [0.05, 0.1) is 23.7 Å². The maximum absolute atomic E-state index is 15.4. The number of hydrogen-bond acceptors (Lipinski definition) is 12. The molecule has 3 heterocycles. The van der Waals surface area contributed by atoms with Crippen molar-refractivity contribution in [2.24, 2.45) is 11.1 Å². The van der Waals surface area contributed by atoms with Gasteiger partial charge in [0.15, 0.2) is 0 Å². The number of fused-ring (bicyclic) bond motifs is 1. The number of piperazine rings is 1. The quantitative estimate of drug-likeness (QED) is 0.0284. The smallest absolute Gasteiger partial charge is 0.410 e. The van der Waals surface area contributed by atoms with Crippen molar-refractivity contribution >= 4 is 69.5 Å². The van der Waals surface area contributed by atoms with Crippen LogP contribution < -0.4 is 37.3 Å². The third-order valence-electron chi connectivity index (χ3n) is 11.9. The molecule has 0 unspecified atom stereocenters. The van der Waals surface area contributed by atoms with Gasteiger partial charge in [-0.05, 0) is 84.8 Å². The normalized spacial score (nSPS) is 15.1. The predicted octanol–water partition coefficient (Wildman–Crippen LogP) is 4.87. The van der Waals surface area contributed by atoms with Crippen molar-refractivity contribution in [1.82, 2.24) is 25.4 Å². The van der Waals surface area contributed by atoms with E-state index in [1.165, 1.54) is 28.5 Å². The number of rotatable bonds is 21. The molecule has 1 saturated heterocycles. The molecule has 2 fully saturated rings. The zero-order chi connectivity index (χ0) is 47.4. The third-order valence-corrected chi connectivity index (χ3v) is 12.6. The molecule has 20 heteroatoms. The lowest BCUT2D eigenvalue weighted by atomic mass is 9.67. The number of halogens is 1. The molecule has 2 aromatic carbocycles. The van der Waals surface area contributed by atoms with Gasteiger partial charge in [-0.15, -0.1) is 0 Å². The average molecular weight is 931 g/mol. The Morgan fingerprint density at radius 3 is 2.36 bits per heavy atom. The lowest BCUT2D eigenvalue weighted by Crippen LogP contribution is -2.58. The minimum absolute atomic E-state index is 0.00945. The van der Waals surface area contributed by atoms with Crippen molar-refractivity contribution < 1.29 is 47.7 Å². The van der Waals surface area contributed by atoms with E-state index in [9.17, 15) is 38.7 Å². The van der Waals surface area contributed by atoms with Crippen molar-refractivity contribution in [3.8, 4) is 0 Å². The van der Waals surface area contributed by atoms with Crippen molar-refractivity contribution in [2.75, 3.05) is 56.1 Å². The predicted molar refractivity (Wildman–Crippen MR) is 246 cm³/mol. The SMILES string of the molecule is C=CCOC(=O)C[C@@H](NC(=O)C1(C(=O)N[C@@H](CCCNC(N)=O)CNc2ccc(COC(=O)N3CCN(c4cc5c(cc4F)c(=O)c(C(=O)O)cn5CC)CC3)cc2)CCC1)c1ccsc1. The van der Waals surface area contributed by atoms with Crippen LogP contribution in [-0.2, 0) is 37.0 Å². The molecule has 18 nitrogen and oxygen atoms in total. The fraction of sp³-hybridized carbons (Fsp3) is 0.413. The number of aromatic carboxylic acids is 1. The number of urea groups is 1. The third kappa shape index (κ3) is 11.8. The molecule has 5 amide bonds. The van der Waals surface area contributed by atoms with E-state index in [1.54, 1.807) is 46.7 Å². The molecule has 1 aliphatic heterocycles. The van der Waals surface area contributed by atoms with Crippen LogP contribution in [0.4, 0.5) is 25.4 Å². The summed E-state index contributed by atoms with van der Waals surface area (Å²) in [6.45, 7) is 7.40. The van der Waals surface area contributed by atoms with Crippen molar-refractivity contribution in [3.05, 3.63) is 105 Å². The van der Waals surface area contributed by atoms with Gasteiger partial charge < -0.3 is 55.9 Å². The molecule has 7 N–H and O–H groups in total. The number of thiophene rings is 1. The highest BCUT2D eigenvalue weighted by Crippen LogP contribution is 2.42. The summed E-state index contributed by atoms with van der Waals surface area (Å²) in [5.41, 5.74) is 5.55. The number of amides is 5. The van der Waals surface area contributed by atoms with Crippen LogP contribution in [0.15, 0.2) is 76.9 Å². The van der Waals surface area contributed by atoms with E-state index in [0.29, 0.717) is 68.5 Å². The number of nitrogens with zero attached hydrogens (tertiary/aromatic N) is 3. The molecule has 0 radical (unpaired) electrons. The molecule has 0 spiro atoms. The molecular weight excluding hydrogens is 876 g/mol. The second-order valence-corrected chi connectivity index (χ2v) is 17.0. The maximum Gasteiger partial charge on any atom is 0.410 e. The standard InChI is InChI=1S/C46H55FN8O10S/c1-3-20-64-39(56)23-36(30-12-21-66-28-30)52-43(61)46(13-6-14-46)42(60)51-32(7-5-15-49-44(48)62)25-50-31-10-8-29(9-11-31)27-65-45(63)55-18-16-54(17-19-55)38-24-37-33(22-35(38)47)40(57)34(41(58)59)26-53(37)4-2/h3,8-12,21-22,24,26,28,32,36,50H,1,4-7,13-20,23,25,27H2,2H3,(H,51,60)(H,52,61)(H,58,59)(H3,48,49,62)/t32-,36+/m0/s1. The molecule has 66 heavy (non-hydrogen) atoms. The van der Waals surface area contributed by atoms with Gasteiger partial charge in [0, 0.05) is 69.1 Å². The molecule has 0 bridgehead atoms. The van der Waals surface area contributed by atoms with E-state index < -0.39 is 70.2 Å². The number of anilines is 2. The molecule has 4 aromatic rings. The number of esters is 1. The monoisotopic (exact) mass is 930 g/mol. The van der Waals surface area contributed by atoms with Gasteiger partial charge in [-0.25, -0.2) is 18.8 Å². The summed E-state index contributed by atoms with van der Waals surface area (Å²) in [7, 11) is 0. The van der Waals surface area contributed by atoms with Crippen LogP contribution in [-0.4, -0.2) is 102 Å². The van der Waals surface area contributed by atoms with Gasteiger partial charge in [0.1, 0.15) is 30.0 Å². The molecule has 2 aromatic heterocycles. The summed E-state index contributed by atoms with van der Waals surface area (Å²) >= 11 is 1.42. The highest BCUT2D eigenvalue weighted by atomic mass is 32.1. The highest BCUT2D eigenvalue weighted by Gasteiger charge is 2.51. The zero-order valence-corrected chi connectivity index (χ0v) is 37.5. The minimum atomic E-state index is -1.38. The van der Waals surface area contributed by atoms with E-state index in [0.717, 1.165) is 11.6 Å². The van der Waals surface area contributed by atoms with Gasteiger partial charge in [-0.2, -0.15) is 11.3 Å². The lowest BCUT2D eigenvalue weighted by molar-refractivity contribution is -0.150. The maximum atomic E-state index is 15.4. The van der Waals surface area contributed by atoms with Crippen LogP contribution in [0, 0.1) is 11.2 Å². The Hall–Kier alpha value is -6.96. The number of carbonyl (C=O) groups is 6. The number of pyridine rings is 1. The fourth-order valence-corrected chi connectivity index (χ4v) is 8.69.